The maximum absolute atomic E-state index is 14.5. The molecule has 0 aliphatic carbocycles. The third kappa shape index (κ3) is 6.00. The van der Waals surface area contributed by atoms with Crippen LogP contribution in [0.3, 0.4) is 0 Å². The first kappa shape index (κ1) is 26.4. The lowest BCUT2D eigenvalue weighted by atomic mass is 9.91. The molecule has 1 unspecified atom stereocenters. The number of ether oxygens (including phenoxy) is 2. The van der Waals surface area contributed by atoms with E-state index in [-0.39, 0.29) is 17.5 Å². The quantitative estimate of drug-likeness (QED) is 0.282. The van der Waals surface area contributed by atoms with E-state index < -0.39 is 0 Å². The van der Waals surface area contributed by atoms with Gasteiger partial charge in [0, 0.05) is 56.4 Å². The third-order valence-electron chi connectivity index (χ3n) is 7.85. The van der Waals surface area contributed by atoms with Gasteiger partial charge >= 0.3 is 0 Å². The number of imidazole rings is 1. The van der Waals surface area contributed by atoms with E-state index in [0.29, 0.717) is 60.7 Å². The topological polar surface area (TPSA) is 90.3 Å². The van der Waals surface area contributed by atoms with Crippen LogP contribution in [0.5, 0.6) is 11.5 Å². The highest BCUT2D eigenvalue weighted by atomic mass is 19.1. The lowest BCUT2D eigenvalue weighted by molar-refractivity contribution is -0.119. The van der Waals surface area contributed by atoms with E-state index in [1.54, 1.807) is 18.3 Å². The zero-order valence-electron chi connectivity index (χ0n) is 22.7. The van der Waals surface area contributed by atoms with Gasteiger partial charge in [-0.1, -0.05) is 0 Å². The zero-order valence-corrected chi connectivity index (χ0v) is 22.7. The first-order chi connectivity index (χ1) is 19.5. The molecular weight excluding hydrogens is 509 g/mol. The lowest BCUT2D eigenvalue weighted by Gasteiger charge is -2.21. The molecular formula is C31H34FN5O3. The summed E-state index contributed by atoms with van der Waals surface area (Å²) < 4.78 is 28.0. The van der Waals surface area contributed by atoms with Crippen LogP contribution in [-0.2, 0) is 23.0 Å². The minimum Gasteiger partial charge on any atom is -0.457 e. The van der Waals surface area contributed by atoms with E-state index in [1.807, 2.05) is 41.9 Å². The number of pyridine rings is 1. The van der Waals surface area contributed by atoms with Crippen LogP contribution in [-0.4, -0.2) is 46.6 Å². The molecule has 4 aromatic rings. The second-order valence-corrected chi connectivity index (χ2v) is 10.8. The molecule has 1 atom stereocenters. The van der Waals surface area contributed by atoms with Gasteiger partial charge < -0.3 is 24.7 Å². The molecule has 2 aromatic heterocycles. The minimum atomic E-state index is -0.210. The number of hydrogen-bond donors (Lipinski definition) is 2. The highest BCUT2D eigenvalue weighted by Gasteiger charge is 2.22. The molecule has 2 aliphatic rings. The second kappa shape index (κ2) is 11.7. The summed E-state index contributed by atoms with van der Waals surface area (Å²) in [4.78, 5) is 21.8. The Bertz CT molecular complexity index is 1510. The molecule has 9 heteroatoms. The smallest absolute Gasteiger partial charge is 0.208 e. The maximum atomic E-state index is 14.5. The van der Waals surface area contributed by atoms with Gasteiger partial charge in [0.15, 0.2) is 0 Å². The summed E-state index contributed by atoms with van der Waals surface area (Å²) in [6.07, 6.45) is 5.53. The number of halogens is 1. The summed E-state index contributed by atoms with van der Waals surface area (Å²) in [7, 11) is 1.93. The molecule has 40 heavy (non-hydrogen) atoms. The predicted octanol–water partition coefficient (Wildman–Crippen LogP) is 5.65. The normalized spacial score (nSPS) is 17.8. The van der Waals surface area contributed by atoms with Gasteiger partial charge in [-0.15, -0.1) is 0 Å². The fourth-order valence-electron chi connectivity index (χ4n) is 5.63. The van der Waals surface area contributed by atoms with Gasteiger partial charge in [-0.05, 0) is 80.2 Å². The number of carbonyl (C=O) groups excluding carboxylic acids is 1. The van der Waals surface area contributed by atoms with Crippen molar-refractivity contribution in [2.75, 3.05) is 31.6 Å². The van der Waals surface area contributed by atoms with Crippen molar-refractivity contribution in [2.45, 2.75) is 38.0 Å². The van der Waals surface area contributed by atoms with Crippen molar-refractivity contribution in [1.82, 2.24) is 19.9 Å². The van der Waals surface area contributed by atoms with Crippen molar-refractivity contribution in [3.05, 3.63) is 71.8 Å². The Kier molecular flexibility index (Phi) is 7.75. The Morgan fingerprint density at radius 1 is 1.12 bits per heavy atom. The van der Waals surface area contributed by atoms with Crippen LogP contribution in [0.4, 0.5) is 16.0 Å². The first-order valence-electron chi connectivity index (χ1n) is 14.0. The van der Waals surface area contributed by atoms with Crippen molar-refractivity contribution < 1.29 is 18.7 Å². The number of Topliss-reactive ketones (excluding diaryl/α,β-unsaturated/α-hetero) is 1. The van der Waals surface area contributed by atoms with E-state index in [4.69, 9.17) is 14.5 Å². The molecule has 0 radical (unpaired) electrons. The maximum Gasteiger partial charge on any atom is 0.208 e. The van der Waals surface area contributed by atoms with Crippen LogP contribution >= 0.6 is 0 Å². The molecule has 4 heterocycles. The van der Waals surface area contributed by atoms with Crippen LogP contribution < -0.4 is 15.4 Å². The van der Waals surface area contributed by atoms with Crippen LogP contribution in [0.15, 0.2) is 54.7 Å². The number of ketones is 1. The number of hydrogen-bond acceptors (Lipinski definition) is 7. The molecule has 2 aliphatic heterocycles. The molecule has 0 spiro atoms. The average molecular weight is 544 g/mol. The van der Waals surface area contributed by atoms with Gasteiger partial charge in [0.25, 0.3) is 0 Å². The second-order valence-electron chi connectivity index (χ2n) is 10.8. The molecule has 2 saturated heterocycles. The fourth-order valence-corrected chi connectivity index (χ4v) is 5.63. The van der Waals surface area contributed by atoms with Crippen LogP contribution in [0.25, 0.3) is 11.0 Å². The van der Waals surface area contributed by atoms with Gasteiger partial charge in [-0.2, -0.15) is 0 Å². The number of nitrogens with zero attached hydrogens (tertiary/aromatic N) is 3. The zero-order chi connectivity index (χ0) is 27.5. The van der Waals surface area contributed by atoms with Crippen LogP contribution in [0, 0.1) is 11.7 Å². The third-order valence-corrected chi connectivity index (χ3v) is 7.85. The molecule has 208 valence electrons. The highest BCUT2D eigenvalue weighted by molar-refractivity contribution is 5.82. The van der Waals surface area contributed by atoms with E-state index >= 15 is 0 Å². The predicted molar refractivity (Wildman–Crippen MR) is 152 cm³/mol. The Balaban J connectivity index is 1.14. The molecule has 2 fully saturated rings. The SMILES string of the molecule is Cn1c(Nc2ccc(F)c(C3CCOC3)c2)nc2cc(Oc3ccnc(CC(=O)CC4CCNCC4)c3)ccc21. The molecule has 8 nitrogen and oxygen atoms in total. The summed E-state index contributed by atoms with van der Waals surface area (Å²) in [6.45, 7) is 3.18. The van der Waals surface area contributed by atoms with Gasteiger partial charge in [0.1, 0.15) is 23.1 Å². The number of anilines is 2. The molecule has 0 amide bonds. The van der Waals surface area contributed by atoms with Crippen LogP contribution in [0.2, 0.25) is 0 Å². The van der Waals surface area contributed by atoms with Crippen molar-refractivity contribution in [2.24, 2.45) is 13.0 Å². The Morgan fingerprint density at radius 2 is 1.98 bits per heavy atom. The molecule has 0 saturated carbocycles. The highest BCUT2D eigenvalue weighted by Crippen LogP contribution is 2.32. The van der Waals surface area contributed by atoms with E-state index in [0.717, 1.165) is 49.1 Å². The number of rotatable bonds is 9. The summed E-state index contributed by atoms with van der Waals surface area (Å²) in [6, 6.07) is 14.4. The number of aromatic nitrogens is 3. The number of fused-ring (bicyclic) bond motifs is 1. The van der Waals surface area contributed by atoms with Gasteiger partial charge in [-0.25, -0.2) is 9.37 Å². The van der Waals surface area contributed by atoms with Crippen molar-refractivity contribution in [1.29, 1.82) is 0 Å². The van der Waals surface area contributed by atoms with Crippen molar-refractivity contribution in [3.63, 3.8) is 0 Å². The minimum absolute atomic E-state index is 0.0724. The number of piperidine rings is 1. The fraction of sp³-hybridized carbons (Fsp3) is 0.387. The summed E-state index contributed by atoms with van der Waals surface area (Å²) in [5, 5.41) is 6.68. The average Bonchev–Trinajstić information content (AvgIpc) is 3.59. The Hall–Kier alpha value is -3.82. The molecule has 0 bridgehead atoms. The van der Waals surface area contributed by atoms with Crippen LogP contribution in [0.1, 0.15) is 42.9 Å². The van der Waals surface area contributed by atoms with Gasteiger partial charge in [0.05, 0.1) is 23.3 Å². The standard InChI is InChI=1S/C31H34FN5O3/c1-37-30-5-3-25(40-26-8-12-34-23(16-26)15-24(38)14-20-6-10-33-11-7-20)18-29(30)36-31(37)35-22-2-4-28(32)27(17-22)21-9-13-39-19-21/h2-5,8,12,16-18,20-21,33H,6-7,9-11,13-15,19H2,1H3,(H,35,36). The number of aryl methyl sites for hydroxylation is 1. The van der Waals surface area contributed by atoms with Crippen molar-refractivity contribution in [3.8, 4) is 11.5 Å². The summed E-state index contributed by atoms with van der Waals surface area (Å²) >= 11 is 0. The van der Waals surface area contributed by atoms with E-state index in [9.17, 15) is 9.18 Å². The van der Waals surface area contributed by atoms with Gasteiger partial charge in [-0.3, -0.25) is 9.78 Å². The first-order valence-corrected chi connectivity index (χ1v) is 14.0. The summed E-state index contributed by atoms with van der Waals surface area (Å²) in [5.41, 5.74) is 3.85. The number of carbonyl (C=O) groups is 1. The van der Waals surface area contributed by atoms with E-state index in [1.165, 1.54) is 6.07 Å². The number of nitrogens with one attached hydrogen (secondary N) is 2. The molecule has 2 aromatic carbocycles. The van der Waals surface area contributed by atoms with Crippen molar-refractivity contribution >= 4 is 28.5 Å². The largest absolute Gasteiger partial charge is 0.457 e. The summed E-state index contributed by atoms with van der Waals surface area (Å²) in [5.74, 6) is 2.46. The van der Waals surface area contributed by atoms with Gasteiger partial charge in [0.2, 0.25) is 5.95 Å². The lowest BCUT2D eigenvalue weighted by Crippen LogP contribution is -2.29. The van der Waals surface area contributed by atoms with E-state index in [2.05, 4.69) is 15.6 Å². The molecule has 6 rings (SSSR count). The molecule has 2 N–H and O–H groups in total. The Labute approximate surface area is 232 Å². The Morgan fingerprint density at radius 3 is 2.80 bits per heavy atom. The monoisotopic (exact) mass is 543 g/mol. The number of benzene rings is 2.